The lowest BCUT2D eigenvalue weighted by Gasteiger charge is -2.10. The third kappa shape index (κ3) is 17.5. The lowest BCUT2D eigenvalue weighted by atomic mass is 10.0. The molecule has 4 N–H and O–H groups in total. The smallest absolute Gasteiger partial charge is 0.119 e. The number of aliphatic hydroxyl groups excluding tert-OH is 4. The third-order valence-electron chi connectivity index (χ3n) is 12.7. The number of thiophene rings is 4. The van der Waals surface area contributed by atoms with Gasteiger partial charge >= 0.3 is 0 Å². The molecule has 6 rings (SSSR count). The first-order valence-electron chi connectivity index (χ1n) is 25.9. The van der Waals surface area contributed by atoms with Gasteiger partial charge in [-0.3, -0.25) is 0 Å². The SMILES string of the molecule is CCCCCCCCCCCCc1cc(-c2ccc(OCC(O)CO)cc2)sc1-c1ccc(-c2ccc(-c3sc(-c4ccc(OCC(O)CO)cc4)cc3CCCCCCCCCCCC)s2)s1. The average molecular weight is 1000 g/mol. The molecule has 0 saturated heterocycles. The highest BCUT2D eigenvalue weighted by Crippen LogP contribution is 2.48. The first kappa shape index (κ1) is 54.0. The van der Waals surface area contributed by atoms with E-state index >= 15 is 0 Å². The summed E-state index contributed by atoms with van der Waals surface area (Å²) in [6, 6.07) is 30.4. The fraction of sp³-hybridized carbons (Fsp3) is 0.517. The highest BCUT2D eigenvalue weighted by Gasteiger charge is 2.19. The van der Waals surface area contributed by atoms with Crippen LogP contribution in [0, 0.1) is 0 Å². The number of hydrogen-bond acceptors (Lipinski definition) is 10. The van der Waals surface area contributed by atoms with Crippen molar-refractivity contribution in [1.82, 2.24) is 0 Å². The van der Waals surface area contributed by atoms with Gasteiger partial charge in [0.25, 0.3) is 0 Å². The van der Waals surface area contributed by atoms with E-state index < -0.39 is 12.2 Å². The van der Waals surface area contributed by atoms with Crippen LogP contribution in [0.15, 0.2) is 84.9 Å². The van der Waals surface area contributed by atoms with Gasteiger partial charge in [0.2, 0.25) is 0 Å². The van der Waals surface area contributed by atoms with Crippen molar-refractivity contribution in [3.8, 4) is 61.6 Å². The van der Waals surface area contributed by atoms with E-state index in [9.17, 15) is 20.4 Å². The maximum absolute atomic E-state index is 9.77. The second-order valence-electron chi connectivity index (χ2n) is 18.5. The summed E-state index contributed by atoms with van der Waals surface area (Å²) < 4.78 is 11.4. The summed E-state index contributed by atoms with van der Waals surface area (Å²) >= 11 is 7.58. The van der Waals surface area contributed by atoms with Gasteiger partial charge in [-0.25, -0.2) is 0 Å². The summed E-state index contributed by atoms with van der Waals surface area (Å²) in [5.41, 5.74) is 5.18. The van der Waals surface area contributed by atoms with Gasteiger partial charge < -0.3 is 29.9 Å². The van der Waals surface area contributed by atoms with Gasteiger partial charge in [0.05, 0.1) is 13.2 Å². The molecular weight excluding hydrogens is 921 g/mol. The molecule has 2 aromatic carbocycles. The van der Waals surface area contributed by atoms with Crippen molar-refractivity contribution in [2.24, 2.45) is 0 Å². The van der Waals surface area contributed by atoms with E-state index in [4.69, 9.17) is 9.47 Å². The van der Waals surface area contributed by atoms with Crippen LogP contribution in [0.25, 0.3) is 50.1 Å². The highest BCUT2D eigenvalue weighted by molar-refractivity contribution is 7.29. The monoisotopic (exact) mass is 998 g/mol. The molecule has 0 aliphatic rings. The van der Waals surface area contributed by atoms with Gasteiger partial charge in [0.15, 0.2) is 0 Å². The van der Waals surface area contributed by atoms with Crippen molar-refractivity contribution >= 4 is 45.3 Å². The Bertz CT molecular complexity index is 2110. The first-order valence-corrected chi connectivity index (χ1v) is 29.2. The number of hydrogen-bond donors (Lipinski definition) is 4. The van der Waals surface area contributed by atoms with E-state index in [0.717, 1.165) is 24.0 Å². The minimum atomic E-state index is -0.892. The van der Waals surface area contributed by atoms with Gasteiger partial charge in [-0.2, -0.15) is 0 Å². The second-order valence-corrected chi connectivity index (χ2v) is 22.7. The number of ether oxygens (including phenoxy) is 2. The van der Waals surface area contributed by atoms with Crippen LogP contribution >= 0.6 is 45.3 Å². The molecule has 10 heteroatoms. The van der Waals surface area contributed by atoms with E-state index in [1.165, 1.54) is 179 Å². The van der Waals surface area contributed by atoms with E-state index in [2.05, 4.69) is 74.5 Å². The molecule has 4 aromatic heterocycles. The van der Waals surface area contributed by atoms with Crippen molar-refractivity contribution < 1.29 is 29.9 Å². The lowest BCUT2D eigenvalue weighted by Crippen LogP contribution is -2.21. The van der Waals surface area contributed by atoms with Crippen LogP contribution in [0.2, 0.25) is 0 Å². The molecule has 370 valence electrons. The van der Waals surface area contributed by atoms with Crippen molar-refractivity contribution in [1.29, 1.82) is 0 Å². The summed E-state index contributed by atoms with van der Waals surface area (Å²) in [6.07, 6.45) is 26.9. The van der Waals surface area contributed by atoms with Crippen molar-refractivity contribution in [2.75, 3.05) is 26.4 Å². The van der Waals surface area contributed by atoms with Gasteiger partial charge in [-0.1, -0.05) is 129 Å². The Kier molecular flexibility index (Phi) is 24.2. The molecule has 6 aromatic rings. The molecule has 2 unspecified atom stereocenters. The average Bonchev–Trinajstić information content (AvgIpc) is 4.21. The minimum Gasteiger partial charge on any atom is -0.491 e. The minimum absolute atomic E-state index is 0.0648. The Morgan fingerprint density at radius 2 is 0.706 bits per heavy atom. The molecule has 68 heavy (non-hydrogen) atoms. The van der Waals surface area contributed by atoms with Crippen LogP contribution in [0.5, 0.6) is 11.5 Å². The maximum Gasteiger partial charge on any atom is 0.119 e. The Balaban J connectivity index is 1.17. The van der Waals surface area contributed by atoms with Crippen molar-refractivity contribution in [2.45, 2.75) is 167 Å². The number of benzene rings is 2. The van der Waals surface area contributed by atoms with Crippen LogP contribution in [0.4, 0.5) is 0 Å². The maximum atomic E-state index is 9.77. The molecule has 2 atom stereocenters. The summed E-state index contributed by atoms with van der Waals surface area (Å²) in [5, 5.41) is 38.0. The van der Waals surface area contributed by atoms with Crippen LogP contribution < -0.4 is 9.47 Å². The largest absolute Gasteiger partial charge is 0.491 e. The van der Waals surface area contributed by atoms with Crippen LogP contribution in [-0.2, 0) is 12.8 Å². The molecular formula is C58H78O6S4. The summed E-state index contributed by atoms with van der Waals surface area (Å²) in [6.45, 7) is 4.06. The molecule has 4 heterocycles. The van der Waals surface area contributed by atoms with Gasteiger partial charge in [-0.05, 0) is 133 Å². The molecule has 0 amide bonds. The number of unbranched alkanes of at least 4 members (excludes halogenated alkanes) is 18. The Hall–Kier alpha value is -3.32. The summed E-state index contributed by atoms with van der Waals surface area (Å²) in [5.74, 6) is 1.37. The fourth-order valence-electron chi connectivity index (χ4n) is 8.64. The molecule has 0 radical (unpaired) electrons. The quantitative estimate of drug-likeness (QED) is 0.0296. The zero-order chi connectivity index (χ0) is 47.8. The molecule has 0 spiro atoms. The molecule has 0 aliphatic heterocycles. The Morgan fingerprint density at radius 3 is 1.04 bits per heavy atom. The third-order valence-corrected chi connectivity index (χ3v) is 17.9. The highest BCUT2D eigenvalue weighted by atomic mass is 32.1. The van der Waals surface area contributed by atoms with E-state index in [0.29, 0.717) is 11.5 Å². The van der Waals surface area contributed by atoms with Crippen LogP contribution in [0.1, 0.15) is 153 Å². The topological polar surface area (TPSA) is 99.4 Å². The van der Waals surface area contributed by atoms with Gasteiger partial charge in [-0.15, -0.1) is 45.3 Å². The molecule has 0 aliphatic carbocycles. The number of rotatable bonds is 35. The molecule has 0 saturated carbocycles. The first-order chi connectivity index (χ1) is 33.4. The fourth-order valence-corrected chi connectivity index (χ4v) is 13.5. The van der Waals surface area contributed by atoms with Crippen LogP contribution in [-0.4, -0.2) is 59.1 Å². The van der Waals surface area contributed by atoms with Gasteiger partial charge in [0, 0.05) is 39.0 Å². The van der Waals surface area contributed by atoms with E-state index in [1.807, 2.05) is 69.6 Å². The number of aliphatic hydroxyl groups is 4. The Labute approximate surface area is 424 Å². The zero-order valence-corrected chi connectivity index (χ0v) is 44.1. The second kappa shape index (κ2) is 30.4. The Morgan fingerprint density at radius 1 is 0.382 bits per heavy atom. The molecule has 0 fully saturated rings. The van der Waals surface area contributed by atoms with E-state index in [1.54, 1.807) is 0 Å². The van der Waals surface area contributed by atoms with Crippen LogP contribution in [0.3, 0.4) is 0 Å². The van der Waals surface area contributed by atoms with Gasteiger partial charge in [0.1, 0.15) is 36.9 Å². The van der Waals surface area contributed by atoms with Crippen molar-refractivity contribution in [3.63, 3.8) is 0 Å². The summed E-state index contributed by atoms with van der Waals surface area (Å²) in [4.78, 5) is 10.5. The normalized spacial score (nSPS) is 12.5. The predicted octanol–water partition coefficient (Wildman–Crippen LogP) is 16.7. The predicted molar refractivity (Wildman–Crippen MR) is 293 cm³/mol. The zero-order valence-electron chi connectivity index (χ0n) is 40.9. The molecule has 6 nitrogen and oxygen atoms in total. The lowest BCUT2D eigenvalue weighted by molar-refractivity contribution is 0.0536. The van der Waals surface area contributed by atoms with Crippen molar-refractivity contribution in [3.05, 3.63) is 96.1 Å². The summed E-state index contributed by atoms with van der Waals surface area (Å²) in [7, 11) is 0. The van der Waals surface area contributed by atoms with E-state index in [-0.39, 0.29) is 26.4 Å². The molecule has 0 bridgehead atoms. The standard InChI is InChI=1S/C58H78O6S4/c1-3-5-7-9-11-13-15-17-19-21-23-45-37-55(43-25-29-49(30-26-43)63-41-47(61)39-59)67-57(45)53-35-33-51(65-53)52-34-36-54(66-52)58-46(24-22-20-18-16-14-12-10-8-6-4-2)38-56(68-58)44-27-31-50(32-28-44)64-42-48(62)40-60/h25-38,47-48,59-62H,3-24,39-42H2,1-2H3. The number of aryl methyl sites for hydroxylation is 2.